The predicted octanol–water partition coefficient (Wildman–Crippen LogP) is 2.48. The van der Waals surface area contributed by atoms with Gasteiger partial charge < -0.3 is 14.6 Å². The molecule has 1 heterocycles. The van der Waals surface area contributed by atoms with Gasteiger partial charge in [-0.15, -0.1) is 0 Å². The number of para-hydroxylation sites is 2. The Balaban J connectivity index is 1.68. The van der Waals surface area contributed by atoms with Crippen molar-refractivity contribution in [1.82, 2.24) is 9.80 Å². The van der Waals surface area contributed by atoms with Crippen molar-refractivity contribution < 1.29 is 34.5 Å². The summed E-state index contributed by atoms with van der Waals surface area (Å²) in [7, 11) is 1.47. The smallest absolute Gasteiger partial charge is 0.161 e. The number of rotatable bonds is 10. The number of aliphatic hydroxyl groups excluding tert-OH is 1. The Bertz CT molecular complexity index is 1240. The maximum atomic E-state index is 13.1. The van der Waals surface area contributed by atoms with E-state index in [9.17, 15) is 9.90 Å². The highest BCUT2D eigenvalue weighted by atomic mass is 16.5. The monoisotopic (exact) mass is 437 g/mol. The molecule has 1 atom stereocenters. The van der Waals surface area contributed by atoms with Gasteiger partial charge in [0.2, 0.25) is 0 Å². The van der Waals surface area contributed by atoms with Crippen molar-refractivity contribution in [2.45, 2.75) is 26.2 Å². The Hall–Kier alpha value is -2.41. The van der Waals surface area contributed by atoms with Crippen LogP contribution in [0.4, 0.5) is 0 Å². The van der Waals surface area contributed by atoms with Gasteiger partial charge in [0, 0.05) is 50.1 Å². The number of ether oxygens (including phenoxy) is 2. The number of methoxy groups -OCH3 is 1. The van der Waals surface area contributed by atoms with Crippen LogP contribution in [0.25, 0.3) is 0 Å². The SMILES string of the molecule is [2H]c1c([2H])c(C([2H])([2H])[2H])c(CC(=O)CN2CCN(C([2H])([2H])C(O)COc3ccccc3OC)CC2)c(C([2H])([2H])[2H])c1[2H]. The molecule has 1 fully saturated rings. The van der Waals surface area contributed by atoms with Crippen LogP contribution in [-0.2, 0) is 11.2 Å². The topological polar surface area (TPSA) is 62.2 Å². The first-order chi connectivity index (χ1) is 19.4. The molecule has 0 radical (unpaired) electrons. The minimum absolute atomic E-state index is 0.147. The van der Waals surface area contributed by atoms with Gasteiger partial charge in [0.25, 0.3) is 0 Å². The van der Waals surface area contributed by atoms with Crippen molar-refractivity contribution in [3.05, 3.63) is 59.1 Å². The van der Waals surface area contributed by atoms with E-state index in [1.807, 2.05) is 0 Å². The van der Waals surface area contributed by atoms with E-state index >= 15 is 0 Å². The first-order valence-corrected chi connectivity index (χ1v) is 9.96. The van der Waals surface area contributed by atoms with E-state index in [1.165, 1.54) is 12.0 Å². The Kier molecular flexibility index (Phi) is 4.58. The van der Waals surface area contributed by atoms with Crippen LogP contribution in [0.2, 0.25) is 0 Å². The quantitative estimate of drug-likeness (QED) is 0.616. The molecular formula is C25H34N2O4. The van der Waals surface area contributed by atoms with Crippen molar-refractivity contribution in [1.29, 1.82) is 0 Å². The van der Waals surface area contributed by atoms with Gasteiger partial charge in [-0.05, 0) is 42.5 Å². The molecule has 0 spiro atoms. The molecule has 1 unspecified atom stereocenters. The lowest BCUT2D eigenvalue weighted by Gasteiger charge is -2.35. The second-order valence-electron chi connectivity index (χ2n) is 7.19. The number of hydrogen-bond donors (Lipinski definition) is 1. The highest BCUT2D eigenvalue weighted by Gasteiger charge is 2.21. The van der Waals surface area contributed by atoms with E-state index in [1.54, 1.807) is 29.2 Å². The number of nitrogens with zero attached hydrogens (tertiary/aromatic N) is 2. The maximum absolute atomic E-state index is 13.1. The summed E-state index contributed by atoms with van der Waals surface area (Å²) in [6.07, 6.45) is -2.16. The minimum atomic E-state index is -2.98. The maximum Gasteiger partial charge on any atom is 0.161 e. The molecule has 0 aliphatic carbocycles. The number of carbonyl (C=O) groups is 1. The zero-order valence-electron chi connectivity index (χ0n) is 28.4. The molecule has 2 aromatic carbocycles. The predicted molar refractivity (Wildman–Crippen MR) is 122 cm³/mol. The largest absolute Gasteiger partial charge is 0.493 e. The molecule has 168 valence electrons. The number of ketones is 1. The summed E-state index contributed by atoms with van der Waals surface area (Å²) in [5.74, 6) is 0.243. The third-order valence-corrected chi connectivity index (χ3v) is 4.92. The fourth-order valence-electron chi connectivity index (χ4n) is 3.30. The summed E-state index contributed by atoms with van der Waals surface area (Å²) >= 11 is 0. The molecule has 0 amide bonds. The highest BCUT2D eigenvalue weighted by molar-refractivity contribution is 5.83. The fourth-order valence-corrected chi connectivity index (χ4v) is 3.30. The molecule has 0 bridgehead atoms. The second-order valence-corrected chi connectivity index (χ2v) is 7.19. The number of piperazine rings is 1. The summed E-state index contributed by atoms with van der Waals surface area (Å²) < 4.78 is 98.7. The number of benzene rings is 2. The van der Waals surface area contributed by atoms with Gasteiger partial charge in [-0.25, -0.2) is 0 Å². The zero-order valence-corrected chi connectivity index (χ0v) is 17.4. The van der Waals surface area contributed by atoms with Gasteiger partial charge in [-0.1, -0.05) is 30.3 Å². The molecule has 6 heteroatoms. The number of β-amino-alcohol motifs (C(OH)–C–C–N with tert-alkyl or cyclic N) is 1. The molecule has 0 saturated carbocycles. The number of aliphatic hydroxyl groups is 1. The number of carbonyl (C=O) groups excluding carboxylic acids is 1. The lowest BCUT2D eigenvalue weighted by atomic mass is 9.98. The van der Waals surface area contributed by atoms with E-state index in [0.29, 0.717) is 11.5 Å². The molecule has 1 aliphatic rings. The normalized spacial score (nSPS) is 22.6. The molecule has 6 nitrogen and oxygen atoms in total. The Morgan fingerprint density at radius 3 is 2.45 bits per heavy atom. The molecule has 1 aliphatic heterocycles. The van der Waals surface area contributed by atoms with Gasteiger partial charge in [-0.2, -0.15) is 0 Å². The van der Waals surface area contributed by atoms with Crippen LogP contribution < -0.4 is 9.47 Å². The van der Waals surface area contributed by atoms with Gasteiger partial charge in [0.05, 0.1) is 17.8 Å². The number of Topliss-reactive ketones (excluding diaryl/α,β-unsaturated/α-hetero) is 1. The van der Waals surface area contributed by atoms with Gasteiger partial charge >= 0.3 is 0 Å². The average molecular weight is 438 g/mol. The Labute approximate surface area is 200 Å². The molecule has 1 N–H and O–H groups in total. The summed E-state index contributed by atoms with van der Waals surface area (Å²) in [5, 5.41) is 10.6. The molecule has 3 rings (SSSR count). The van der Waals surface area contributed by atoms with Crippen LogP contribution in [0.5, 0.6) is 11.5 Å². The highest BCUT2D eigenvalue weighted by Crippen LogP contribution is 2.25. The number of hydrogen-bond acceptors (Lipinski definition) is 6. The van der Waals surface area contributed by atoms with E-state index in [4.69, 9.17) is 24.6 Å². The molecular weight excluding hydrogens is 392 g/mol. The van der Waals surface area contributed by atoms with E-state index in [0.717, 1.165) is 0 Å². The van der Waals surface area contributed by atoms with E-state index < -0.39 is 73.3 Å². The van der Waals surface area contributed by atoms with Crippen LogP contribution in [0.1, 0.15) is 31.8 Å². The third kappa shape index (κ3) is 6.79. The van der Waals surface area contributed by atoms with Crippen LogP contribution in [-0.4, -0.2) is 79.7 Å². The summed E-state index contributed by atoms with van der Waals surface area (Å²) in [4.78, 5) is 16.2. The van der Waals surface area contributed by atoms with Crippen molar-refractivity contribution in [3.63, 3.8) is 0 Å². The third-order valence-electron chi connectivity index (χ3n) is 4.92. The van der Waals surface area contributed by atoms with Crippen molar-refractivity contribution in [2.24, 2.45) is 0 Å². The van der Waals surface area contributed by atoms with Crippen LogP contribution in [0.15, 0.2) is 42.4 Å². The summed E-state index contributed by atoms with van der Waals surface area (Å²) in [6, 6.07) is 4.33. The second kappa shape index (κ2) is 11.3. The van der Waals surface area contributed by atoms with E-state index in [-0.39, 0.29) is 39.3 Å². The fraction of sp³-hybridized carbons (Fsp3) is 0.480. The summed E-state index contributed by atoms with van der Waals surface area (Å²) in [6.45, 7) is -7.92. The van der Waals surface area contributed by atoms with Crippen LogP contribution in [0, 0.1) is 13.7 Å². The van der Waals surface area contributed by atoms with Gasteiger partial charge in [0.15, 0.2) is 17.3 Å². The standard InChI is InChI=1S/C25H34N2O4/c1-19-7-6-8-20(2)23(19)15-21(28)16-26-11-13-27(14-12-26)17-22(29)18-31-25-10-5-4-9-24(25)30-3/h4-10,22,29H,11-18H2,1-3H3/i1D3,2D3,6D,7D,8D,17D2. The average Bonchev–Trinajstić information content (AvgIpc) is 2.89. The lowest BCUT2D eigenvalue weighted by molar-refractivity contribution is -0.120. The molecule has 31 heavy (non-hydrogen) atoms. The first kappa shape index (κ1) is 12.6. The molecule has 2 aromatic rings. The van der Waals surface area contributed by atoms with Gasteiger partial charge in [0.1, 0.15) is 12.7 Å². The van der Waals surface area contributed by atoms with Crippen molar-refractivity contribution in [2.75, 3.05) is 52.9 Å². The molecule has 0 aromatic heterocycles. The molecule has 1 saturated heterocycles. The van der Waals surface area contributed by atoms with E-state index in [2.05, 4.69) is 0 Å². The first-order valence-electron chi connectivity index (χ1n) is 15.5. The summed E-state index contributed by atoms with van der Waals surface area (Å²) in [5.41, 5.74) is -1.88. The van der Waals surface area contributed by atoms with Crippen molar-refractivity contribution in [3.8, 4) is 11.5 Å². The lowest BCUT2D eigenvalue weighted by Crippen LogP contribution is -2.50. The Morgan fingerprint density at radius 1 is 1.16 bits per heavy atom. The van der Waals surface area contributed by atoms with Gasteiger partial charge in [-0.3, -0.25) is 14.6 Å². The Morgan fingerprint density at radius 2 is 1.81 bits per heavy atom. The van der Waals surface area contributed by atoms with Crippen molar-refractivity contribution >= 4 is 5.78 Å². The minimum Gasteiger partial charge on any atom is -0.493 e. The van der Waals surface area contributed by atoms with Crippen LogP contribution in [0.3, 0.4) is 0 Å². The zero-order chi connectivity index (χ0) is 31.6. The van der Waals surface area contributed by atoms with Crippen LogP contribution >= 0.6 is 0 Å².